The SMILES string of the molecule is CCC(Sc1ccc(Cl)cc1)C(=O)NCCN1CCOCC1. The number of thioether (sulfide) groups is 1. The van der Waals surface area contributed by atoms with E-state index in [0.29, 0.717) is 11.6 Å². The second kappa shape index (κ2) is 9.40. The molecule has 1 fully saturated rings. The minimum Gasteiger partial charge on any atom is -0.379 e. The third-order valence-corrected chi connectivity index (χ3v) is 5.21. The van der Waals surface area contributed by atoms with Gasteiger partial charge in [-0.3, -0.25) is 9.69 Å². The molecule has 0 spiro atoms. The molecule has 0 bridgehead atoms. The second-order valence-electron chi connectivity index (χ2n) is 5.21. The van der Waals surface area contributed by atoms with Crippen LogP contribution in [-0.2, 0) is 9.53 Å². The van der Waals surface area contributed by atoms with Crippen molar-refractivity contribution >= 4 is 29.3 Å². The lowest BCUT2D eigenvalue weighted by atomic mass is 10.3. The number of carbonyl (C=O) groups is 1. The lowest BCUT2D eigenvalue weighted by Crippen LogP contribution is -2.42. The van der Waals surface area contributed by atoms with Gasteiger partial charge in [-0.15, -0.1) is 11.8 Å². The summed E-state index contributed by atoms with van der Waals surface area (Å²) in [7, 11) is 0. The van der Waals surface area contributed by atoms with Crippen molar-refractivity contribution in [2.45, 2.75) is 23.5 Å². The molecule has 0 saturated carbocycles. The second-order valence-corrected chi connectivity index (χ2v) is 6.93. The Morgan fingerprint density at radius 2 is 2.05 bits per heavy atom. The highest BCUT2D eigenvalue weighted by molar-refractivity contribution is 8.00. The Morgan fingerprint density at radius 1 is 1.36 bits per heavy atom. The third kappa shape index (κ3) is 5.80. The first kappa shape index (κ1) is 17.6. The maximum Gasteiger partial charge on any atom is 0.233 e. The number of morpholine rings is 1. The summed E-state index contributed by atoms with van der Waals surface area (Å²) in [5, 5.41) is 3.70. The number of ether oxygens (including phenoxy) is 1. The standard InChI is InChI=1S/C16H23ClN2O2S/c1-2-15(22-14-5-3-13(17)4-6-14)16(20)18-7-8-19-9-11-21-12-10-19/h3-6,15H,2,7-12H2,1H3,(H,18,20). The number of nitrogens with zero attached hydrogens (tertiary/aromatic N) is 1. The van der Waals surface area contributed by atoms with Gasteiger partial charge in [0.1, 0.15) is 0 Å². The molecule has 0 aromatic heterocycles. The molecule has 22 heavy (non-hydrogen) atoms. The van der Waals surface area contributed by atoms with Crippen LogP contribution in [0.3, 0.4) is 0 Å². The molecule has 0 radical (unpaired) electrons. The van der Waals surface area contributed by atoms with Crippen LogP contribution in [-0.4, -0.2) is 55.4 Å². The highest BCUT2D eigenvalue weighted by Crippen LogP contribution is 2.26. The van der Waals surface area contributed by atoms with Gasteiger partial charge in [0.2, 0.25) is 5.91 Å². The molecule has 1 amide bonds. The van der Waals surface area contributed by atoms with Crippen LogP contribution in [0.4, 0.5) is 0 Å². The highest BCUT2D eigenvalue weighted by Gasteiger charge is 2.18. The molecule has 1 aliphatic rings. The van der Waals surface area contributed by atoms with Gasteiger partial charge in [0.05, 0.1) is 18.5 Å². The van der Waals surface area contributed by atoms with Crippen molar-refractivity contribution in [3.8, 4) is 0 Å². The molecule has 1 unspecified atom stereocenters. The Labute approximate surface area is 141 Å². The van der Waals surface area contributed by atoms with E-state index >= 15 is 0 Å². The van der Waals surface area contributed by atoms with Crippen molar-refractivity contribution in [3.63, 3.8) is 0 Å². The zero-order chi connectivity index (χ0) is 15.8. The average Bonchev–Trinajstić information content (AvgIpc) is 2.55. The molecular formula is C16H23ClN2O2S. The van der Waals surface area contributed by atoms with E-state index in [-0.39, 0.29) is 11.2 Å². The van der Waals surface area contributed by atoms with Gasteiger partial charge in [-0.25, -0.2) is 0 Å². The summed E-state index contributed by atoms with van der Waals surface area (Å²) in [6, 6.07) is 7.62. The van der Waals surface area contributed by atoms with E-state index in [4.69, 9.17) is 16.3 Å². The minimum absolute atomic E-state index is 0.0640. The third-order valence-electron chi connectivity index (χ3n) is 3.59. The van der Waals surface area contributed by atoms with Crippen molar-refractivity contribution in [2.24, 2.45) is 0 Å². The first-order chi connectivity index (χ1) is 10.7. The number of nitrogens with one attached hydrogen (secondary N) is 1. The van der Waals surface area contributed by atoms with Crippen LogP contribution in [0.15, 0.2) is 29.2 Å². The summed E-state index contributed by atoms with van der Waals surface area (Å²) in [5.41, 5.74) is 0. The lowest BCUT2D eigenvalue weighted by Gasteiger charge is -2.26. The van der Waals surface area contributed by atoms with Crippen LogP contribution in [0.25, 0.3) is 0 Å². The summed E-state index contributed by atoms with van der Waals surface area (Å²) in [6.45, 7) is 7.10. The molecule has 1 saturated heterocycles. The Kier molecular flexibility index (Phi) is 7.52. The molecule has 0 aliphatic carbocycles. The van der Waals surface area contributed by atoms with E-state index in [1.807, 2.05) is 31.2 Å². The highest BCUT2D eigenvalue weighted by atomic mass is 35.5. The zero-order valence-electron chi connectivity index (χ0n) is 12.9. The van der Waals surface area contributed by atoms with Crippen LogP contribution in [0.1, 0.15) is 13.3 Å². The number of benzene rings is 1. The number of hydrogen-bond donors (Lipinski definition) is 1. The molecule has 1 atom stereocenters. The molecule has 4 nitrogen and oxygen atoms in total. The van der Waals surface area contributed by atoms with Gasteiger partial charge >= 0.3 is 0 Å². The van der Waals surface area contributed by atoms with Gasteiger partial charge < -0.3 is 10.1 Å². The number of rotatable bonds is 7. The van der Waals surface area contributed by atoms with E-state index in [1.54, 1.807) is 11.8 Å². The number of halogens is 1. The van der Waals surface area contributed by atoms with Crippen molar-refractivity contribution in [1.82, 2.24) is 10.2 Å². The number of hydrogen-bond acceptors (Lipinski definition) is 4. The van der Waals surface area contributed by atoms with Crippen molar-refractivity contribution < 1.29 is 9.53 Å². The first-order valence-electron chi connectivity index (χ1n) is 7.69. The normalized spacial score (nSPS) is 17.2. The molecule has 1 N–H and O–H groups in total. The minimum atomic E-state index is -0.0640. The van der Waals surface area contributed by atoms with E-state index in [1.165, 1.54) is 0 Å². The predicted octanol–water partition coefficient (Wildman–Crippen LogP) is 2.66. The van der Waals surface area contributed by atoms with Crippen molar-refractivity contribution in [3.05, 3.63) is 29.3 Å². The molecule has 1 aromatic rings. The van der Waals surface area contributed by atoms with Crippen molar-refractivity contribution in [2.75, 3.05) is 39.4 Å². The Bertz CT molecular complexity index is 464. The van der Waals surface area contributed by atoms with Gasteiger partial charge in [0, 0.05) is 36.1 Å². The van der Waals surface area contributed by atoms with Crippen molar-refractivity contribution in [1.29, 1.82) is 0 Å². The maximum absolute atomic E-state index is 12.3. The van der Waals surface area contributed by atoms with Gasteiger partial charge in [0.25, 0.3) is 0 Å². The fourth-order valence-corrected chi connectivity index (χ4v) is 3.38. The van der Waals surface area contributed by atoms with E-state index in [9.17, 15) is 4.79 Å². The average molecular weight is 343 g/mol. The van der Waals surface area contributed by atoms with Crippen LogP contribution < -0.4 is 5.32 Å². The Balaban J connectivity index is 1.74. The Hall–Kier alpha value is -0.750. The predicted molar refractivity (Wildman–Crippen MR) is 91.7 cm³/mol. The summed E-state index contributed by atoms with van der Waals surface area (Å²) in [6.07, 6.45) is 0.802. The molecule has 1 aliphatic heterocycles. The van der Waals surface area contributed by atoms with Crippen LogP contribution in [0.2, 0.25) is 5.02 Å². The molecule has 2 rings (SSSR count). The Morgan fingerprint density at radius 3 is 2.68 bits per heavy atom. The smallest absolute Gasteiger partial charge is 0.233 e. The van der Waals surface area contributed by atoms with Crippen LogP contribution >= 0.6 is 23.4 Å². The summed E-state index contributed by atoms with van der Waals surface area (Å²) >= 11 is 7.47. The van der Waals surface area contributed by atoms with E-state index in [0.717, 1.165) is 44.2 Å². The first-order valence-corrected chi connectivity index (χ1v) is 8.95. The summed E-state index contributed by atoms with van der Waals surface area (Å²) < 4.78 is 5.32. The van der Waals surface area contributed by atoms with Gasteiger partial charge in [-0.05, 0) is 30.7 Å². The maximum atomic E-state index is 12.3. The van der Waals surface area contributed by atoms with Gasteiger partial charge in [-0.1, -0.05) is 18.5 Å². The quantitative estimate of drug-likeness (QED) is 0.773. The van der Waals surface area contributed by atoms with E-state index < -0.39 is 0 Å². The fraction of sp³-hybridized carbons (Fsp3) is 0.562. The molecule has 1 heterocycles. The molecule has 6 heteroatoms. The molecule has 1 aromatic carbocycles. The van der Waals surface area contributed by atoms with E-state index in [2.05, 4.69) is 10.2 Å². The zero-order valence-corrected chi connectivity index (χ0v) is 14.5. The molecule has 122 valence electrons. The van der Waals surface area contributed by atoms with Crippen LogP contribution in [0.5, 0.6) is 0 Å². The largest absolute Gasteiger partial charge is 0.379 e. The molecular weight excluding hydrogens is 320 g/mol. The summed E-state index contributed by atoms with van der Waals surface area (Å²) in [4.78, 5) is 15.7. The van der Waals surface area contributed by atoms with Gasteiger partial charge in [0.15, 0.2) is 0 Å². The van der Waals surface area contributed by atoms with Crippen LogP contribution in [0, 0.1) is 0 Å². The number of carbonyl (C=O) groups excluding carboxylic acids is 1. The lowest BCUT2D eigenvalue weighted by molar-refractivity contribution is -0.120. The summed E-state index contributed by atoms with van der Waals surface area (Å²) in [5.74, 6) is 0.107. The number of amides is 1. The van der Waals surface area contributed by atoms with Gasteiger partial charge in [-0.2, -0.15) is 0 Å². The topological polar surface area (TPSA) is 41.6 Å². The monoisotopic (exact) mass is 342 g/mol. The fourth-order valence-electron chi connectivity index (χ4n) is 2.28.